The summed E-state index contributed by atoms with van der Waals surface area (Å²) in [5.41, 5.74) is 5.64. The number of nitrogens with one attached hydrogen (secondary N) is 1. The maximum absolute atomic E-state index is 5.64. The van der Waals surface area contributed by atoms with Gasteiger partial charge in [-0.1, -0.05) is 154 Å². The number of nitrogens with zero attached hydrogens (tertiary/aromatic N) is 1. The molecule has 45 heavy (non-hydrogen) atoms. The van der Waals surface area contributed by atoms with Crippen LogP contribution in [0.25, 0.3) is 0 Å². The van der Waals surface area contributed by atoms with Crippen LogP contribution in [-0.4, -0.2) is 44.2 Å². The molecule has 0 rings (SSSR count). The zero-order valence-corrected chi connectivity index (χ0v) is 31.3. The molecule has 0 saturated heterocycles. The molecule has 0 heterocycles. The normalized spacial score (nSPS) is 12.1. The Morgan fingerprint density at radius 2 is 0.689 bits per heavy atom. The molecule has 0 aliphatic rings. The molecule has 0 radical (unpaired) electrons. The minimum atomic E-state index is 0.796. The van der Waals surface area contributed by atoms with Crippen molar-refractivity contribution >= 4 is 0 Å². The fourth-order valence-corrected chi connectivity index (χ4v) is 6.28. The van der Waals surface area contributed by atoms with E-state index in [4.69, 9.17) is 5.73 Å². The lowest BCUT2D eigenvalue weighted by Gasteiger charge is -2.22. The Morgan fingerprint density at radius 3 is 1.07 bits per heavy atom. The van der Waals surface area contributed by atoms with Gasteiger partial charge in [0.25, 0.3) is 0 Å². The van der Waals surface area contributed by atoms with Crippen LogP contribution in [0.1, 0.15) is 206 Å². The highest BCUT2D eigenvalue weighted by molar-refractivity contribution is 4.82. The van der Waals surface area contributed by atoms with Gasteiger partial charge in [-0.05, 0) is 116 Å². The summed E-state index contributed by atoms with van der Waals surface area (Å²) in [6.45, 7) is 11.4. The Bertz CT molecular complexity index is 572. The molecule has 3 N–H and O–H groups in total. The van der Waals surface area contributed by atoms with Crippen LogP contribution in [-0.2, 0) is 0 Å². The fraction of sp³-hybridized carbons (Fsp3) is 0.905. The van der Waals surface area contributed by atoms with Crippen LogP contribution < -0.4 is 11.1 Å². The van der Waals surface area contributed by atoms with Gasteiger partial charge in [-0.3, -0.25) is 0 Å². The Morgan fingerprint density at radius 1 is 0.378 bits per heavy atom. The van der Waals surface area contributed by atoms with Gasteiger partial charge in [0.15, 0.2) is 0 Å². The van der Waals surface area contributed by atoms with Crippen LogP contribution in [0.5, 0.6) is 0 Å². The molecule has 268 valence electrons. The first-order chi connectivity index (χ1) is 22.3. The highest BCUT2D eigenvalue weighted by atomic mass is 15.1. The second kappa shape index (κ2) is 41.4. The third-order valence-electron chi connectivity index (χ3n) is 9.36. The maximum Gasteiger partial charge on any atom is -0.000664 e. The van der Waals surface area contributed by atoms with Crippen molar-refractivity contribution in [2.24, 2.45) is 5.73 Å². The standard InChI is InChI=1S/C42H85N3/c1-3-5-7-9-11-13-15-17-19-21-23-25-27-29-31-33-40-45(42-36-39-44-38-35-37-43)41-34-32-30-28-26-24-22-20-18-16-14-12-10-8-6-4-2/h17,19-20,22,44H,3-16,18,21,23-43H2,1-2H3/b19-17-,22-20-. The summed E-state index contributed by atoms with van der Waals surface area (Å²) in [5.74, 6) is 0. The first-order valence-corrected chi connectivity index (χ1v) is 20.8. The number of hydrogen-bond acceptors (Lipinski definition) is 3. The molecule has 0 aromatic carbocycles. The molecule has 0 fully saturated rings. The Balaban J connectivity index is 3.81. The van der Waals surface area contributed by atoms with Crippen molar-refractivity contribution in [3.8, 4) is 0 Å². The van der Waals surface area contributed by atoms with Crippen LogP contribution in [0.3, 0.4) is 0 Å². The molecule has 0 atom stereocenters. The number of allylic oxidation sites excluding steroid dienone is 4. The average molecular weight is 632 g/mol. The molecule has 0 aromatic rings. The largest absolute Gasteiger partial charge is 0.330 e. The second-order valence-corrected chi connectivity index (χ2v) is 14.0. The van der Waals surface area contributed by atoms with Crippen molar-refractivity contribution in [3.63, 3.8) is 0 Å². The van der Waals surface area contributed by atoms with Crippen molar-refractivity contribution < 1.29 is 0 Å². The summed E-state index contributed by atoms with van der Waals surface area (Å²) < 4.78 is 0. The monoisotopic (exact) mass is 632 g/mol. The summed E-state index contributed by atoms with van der Waals surface area (Å²) >= 11 is 0. The maximum atomic E-state index is 5.64. The fourth-order valence-electron chi connectivity index (χ4n) is 6.28. The first-order valence-electron chi connectivity index (χ1n) is 20.8. The van der Waals surface area contributed by atoms with E-state index in [1.807, 2.05) is 0 Å². The van der Waals surface area contributed by atoms with E-state index in [0.29, 0.717) is 0 Å². The first kappa shape index (κ1) is 44.4. The van der Waals surface area contributed by atoms with E-state index in [0.717, 1.165) is 26.1 Å². The van der Waals surface area contributed by atoms with Crippen molar-refractivity contribution in [2.75, 3.05) is 39.3 Å². The third kappa shape index (κ3) is 39.5. The van der Waals surface area contributed by atoms with E-state index >= 15 is 0 Å². The molecule has 0 aliphatic heterocycles. The summed E-state index contributed by atoms with van der Waals surface area (Å²) in [4.78, 5) is 2.77. The number of rotatable bonds is 39. The lowest BCUT2D eigenvalue weighted by atomic mass is 10.1. The van der Waals surface area contributed by atoms with E-state index in [1.165, 1.54) is 206 Å². The quantitative estimate of drug-likeness (QED) is 0.0524. The molecule has 0 unspecified atom stereocenters. The van der Waals surface area contributed by atoms with E-state index in [-0.39, 0.29) is 0 Å². The zero-order chi connectivity index (χ0) is 32.6. The van der Waals surface area contributed by atoms with Gasteiger partial charge in [0, 0.05) is 0 Å². The van der Waals surface area contributed by atoms with Gasteiger partial charge in [0.1, 0.15) is 0 Å². The van der Waals surface area contributed by atoms with Crippen LogP contribution in [0.2, 0.25) is 0 Å². The molecule has 0 saturated carbocycles. The molecule has 0 aromatic heterocycles. The van der Waals surface area contributed by atoms with Gasteiger partial charge in [0.2, 0.25) is 0 Å². The predicted molar refractivity (Wildman–Crippen MR) is 207 cm³/mol. The van der Waals surface area contributed by atoms with Gasteiger partial charge in [-0.2, -0.15) is 0 Å². The average Bonchev–Trinajstić information content (AvgIpc) is 3.05. The highest BCUT2D eigenvalue weighted by Crippen LogP contribution is 2.13. The van der Waals surface area contributed by atoms with Crippen molar-refractivity contribution in [2.45, 2.75) is 206 Å². The topological polar surface area (TPSA) is 41.3 Å². The van der Waals surface area contributed by atoms with Crippen LogP contribution in [0.15, 0.2) is 24.3 Å². The Hall–Kier alpha value is -0.640. The van der Waals surface area contributed by atoms with Gasteiger partial charge in [-0.15, -0.1) is 0 Å². The number of hydrogen-bond donors (Lipinski definition) is 2. The van der Waals surface area contributed by atoms with Crippen LogP contribution >= 0.6 is 0 Å². The molecule has 0 amide bonds. The zero-order valence-electron chi connectivity index (χ0n) is 31.3. The van der Waals surface area contributed by atoms with Gasteiger partial charge in [0.05, 0.1) is 0 Å². The summed E-state index contributed by atoms with van der Waals surface area (Å²) in [7, 11) is 0. The van der Waals surface area contributed by atoms with Gasteiger partial charge >= 0.3 is 0 Å². The lowest BCUT2D eigenvalue weighted by Crippen LogP contribution is -2.30. The molecular weight excluding hydrogens is 546 g/mol. The van der Waals surface area contributed by atoms with E-state index in [1.54, 1.807) is 0 Å². The SMILES string of the molecule is CCCCCCCC/C=C\CCCCCCCCN(CCCCCCC/C=C\CCCCCCCCC)CCCNCCCN. The van der Waals surface area contributed by atoms with Gasteiger partial charge < -0.3 is 16.0 Å². The third-order valence-corrected chi connectivity index (χ3v) is 9.36. The van der Waals surface area contributed by atoms with E-state index in [9.17, 15) is 0 Å². The molecule has 3 nitrogen and oxygen atoms in total. The molecule has 0 spiro atoms. The summed E-state index contributed by atoms with van der Waals surface area (Å²) in [6, 6.07) is 0. The second-order valence-electron chi connectivity index (χ2n) is 14.0. The Labute approximate surface area is 285 Å². The lowest BCUT2D eigenvalue weighted by molar-refractivity contribution is 0.256. The van der Waals surface area contributed by atoms with Crippen molar-refractivity contribution in [3.05, 3.63) is 24.3 Å². The predicted octanol–water partition coefficient (Wildman–Crippen LogP) is 12.7. The van der Waals surface area contributed by atoms with Crippen molar-refractivity contribution in [1.29, 1.82) is 0 Å². The molecular formula is C42H85N3. The van der Waals surface area contributed by atoms with E-state index < -0.39 is 0 Å². The minimum absolute atomic E-state index is 0.796. The highest BCUT2D eigenvalue weighted by Gasteiger charge is 2.05. The van der Waals surface area contributed by atoms with E-state index in [2.05, 4.69) is 48.4 Å². The van der Waals surface area contributed by atoms with Crippen molar-refractivity contribution in [1.82, 2.24) is 10.2 Å². The minimum Gasteiger partial charge on any atom is -0.330 e. The number of unbranched alkanes of at least 4 members (excludes halogenated alkanes) is 24. The van der Waals surface area contributed by atoms with Crippen LogP contribution in [0.4, 0.5) is 0 Å². The molecule has 3 heteroatoms. The van der Waals surface area contributed by atoms with Crippen LogP contribution in [0, 0.1) is 0 Å². The molecule has 0 bridgehead atoms. The smallest absolute Gasteiger partial charge is 0.000664 e. The summed E-state index contributed by atoms with van der Waals surface area (Å²) in [5, 5.41) is 3.57. The van der Waals surface area contributed by atoms with Gasteiger partial charge in [-0.25, -0.2) is 0 Å². The molecule has 0 aliphatic carbocycles. The Kier molecular flexibility index (Phi) is 40.8. The summed E-state index contributed by atoms with van der Waals surface area (Å²) in [6.07, 6.45) is 51.1. The number of nitrogens with two attached hydrogens (primary N) is 1.